The molecule has 4 nitrogen and oxygen atoms in total. The number of carbonyl (C=O) groups is 2. The molecule has 0 radical (unpaired) electrons. The topological polar surface area (TPSA) is 63.6 Å². The zero-order chi connectivity index (χ0) is 13.1. The van der Waals surface area contributed by atoms with E-state index in [4.69, 9.17) is 4.74 Å². The smallest absolute Gasteiger partial charge is 0.315 e. The van der Waals surface area contributed by atoms with Crippen molar-refractivity contribution in [2.75, 3.05) is 7.11 Å². The van der Waals surface area contributed by atoms with Crippen LogP contribution < -0.4 is 0 Å². The molecule has 6 saturated carbocycles. The first-order valence-corrected chi connectivity index (χ1v) is 7.13. The van der Waals surface area contributed by atoms with Gasteiger partial charge in [-0.1, -0.05) is 22.9 Å². The van der Waals surface area contributed by atoms with Gasteiger partial charge in [-0.05, 0) is 30.6 Å². The van der Waals surface area contributed by atoms with Gasteiger partial charge in [-0.2, -0.15) is 0 Å². The van der Waals surface area contributed by atoms with Gasteiger partial charge in [-0.3, -0.25) is 9.59 Å². The van der Waals surface area contributed by atoms with Gasteiger partial charge < -0.3 is 9.84 Å². The average Bonchev–Trinajstić information content (AvgIpc) is 3.01. The molecule has 0 saturated heterocycles. The first kappa shape index (κ1) is 11.4. The van der Waals surface area contributed by atoms with E-state index >= 15 is 0 Å². The Hall–Kier alpha value is -0.420. The molecule has 6 bridgehead atoms. The van der Waals surface area contributed by atoms with Crippen LogP contribution >= 0.6 is 15.9 Å². The first-order valence-electron chi connectivity index (χ1n) is 6.34. The summed E-state index contributed by atoms with van der Waals surface area (Å²) < 4.78 is 3.99. The van der Waals surface area contributed by atoms with Gasteiger partial charge in [-0.25, -0.2) is 0 Å². The predicted octanol–water partition coefficient (Wildman–Crippen LogP) is 1.04. The molecule has 6 aliphatic carbocycles. The molecule has 18 heavy (non-hydrogen) atoms. The number of halogens is 1. The minimum atomic E-state index is -1.25. The van der Waals surface area contributed by atoms with Crippen LogP contribution in [0.15, 0.2) is 0 Å². The fourth-order valence-electron chi connectivity index (χ4n) is 5.60. The van der Waals surface area contributed by atoms with E-state index in [1.807, 2.05) is 0 Å². The highest BCUT2D eigenvalue weighted by atomic mass is 79.9. The molecular formula is C13H15BrO4. The van der Waals surface area contributed by atoms with Crippen molar-refractivity contribution in [3.63, 3.8) is 0 Å². The highest BCUT2D eigenvalue weighted by molar-refractivity contribution is 9.10. The molecule has 0 spiro atoms. The minimum absolute atomic E-state index is 0.0116. The van der Waals surface area contributed by atoms with Gasteiger partial charge in [0.05, 0.1) is 7.11 Å². The number of ether oxygens (including phenoxy) is 1. The van der Waals surface area contributed by atoms with Gasteiger partial charge in [0.2, 0.25) is 0 Å². The van der Waals surface area contributed by atoms with Crippen LogP contribution in [0.25, 0.3) is 0 Å². The van der Waals surface area contributed by atoms with Gasteiger partial charge in [0.1, 0.15) is 15.3 Å². The second-order valence-electron chi connectivity index (χ2n) is 6.67. The number of alkyl halides is 1. The molecule has 0 aromatic carbocycles. The summed E-state index contributed by atoms with van der Waals surface area (Å²) in [6.45, 7) is 2.14. The van der Waals surface area contributed by atoms with Crippen LogP contribution in [0.1, 0.15) is 26.2 Å². The monoisotopic (exact) mass is 314 g/mol. The number of esters is 1. The fraction of sp³-hybridized carbons (Fsp3) is 0.846. The Balaban J connectivity index is 2.00. The van der Waals surface area contributed by atoms with Crippen molar-refractivity contribution in [1.82, 2.24) is 0 Å². The van der Waals surface area contributed by atoms with E-state index in [2.05, 4.69) is 22.9 Å². The maximum absolute atomic E-state index is 12.5. The van der Waals surface area contributed by atoms with Crippen molar-refractivity contribution in [3.05, 3.63) is 0 Å². The Labute approximate surface area is 113 Å². The highest BCUT2D eigenvalue weighted by Gasteiger charge is 2.99. The van der Waals surface area contributed by atoms with E-state index < -0.39 is 21.3 Å². The van der Waals surface area contributed by atoms with Crippen LogP contribution in [0, 0.1) is 22.7 Å². The molecule has 6 aliphatic rings. The Morgan fingerprint density at radius 1 is 1.50 bits per heavy atom. The zero-order valence-corrected chi connectivity index (χ0v) is 11.9. The second kappa shape index (κ2) is 2.57. The molecular weight excluding hydrogens is 300 g/mol. The van der Waals surface area contributed by atoms with Crippen molar-refractivity contribution < 1.29 is 19.4 Å². The number of carbonyl (C=O) groups excluding carboxylic acids is 2. The summed E-state index contributed by atoms with van der Waals surface area (Å²) in [4.78, 5) is 24.7. The van der Waals surface area contributed by atoms with Crippen LogP contribution in [-0.4, -0.2) is 33.9 Å². The molecule has 0 aromatic heterocycles. The van der Waals surface area contributed by atoms with E-state index in [0.717, 1.165) is 6.42 Å². The van der Waals surface area contributed by atoms with Crippen molar-refractivity contribution >= 4 is 27.7 Å². The predicted molar refractivity (Wildman–Crippen MR) is 65.0 cm³/mol. The van der Waals surface area contributed by atoms with Gasteiger partial charge in [0, 0.05) is 5.92 Å². The molecule has 0 heterocycles. The normalized spacial score (nSPS) is 63.0. The van der Waals surface area contributed by atoms with Gasteiger partial charge >= 0.3 is 5.97 Å². The summed E-state index contributed by atoms with van der Waals surface area (Å²) in [5.74, 6) is -0.753. The number of hydrogen-bond donors (Lipinski definition) is 1. The van der Waals surface area contributed by atoms with Gasteiger partial charge in [-0.15, -0.1) is 0 Å². The van der Waals surface area contributed by atoms with E-state index in [0.29, 0.717) is 12.8 Å². The zero-order valence-electron chi connectivity index (χ0n) is 10.3. The van der Waals surface area contributed by atoms with Crippen molar-refractivity contribution in [2.24, 2.45) is 22.7 Å². The van der Waals surface area contributed by atoms with Crippen molar-refractivity contribution in [3.8, 4) is 0 Å². The quantitative estimate of drug-likeness (QED) is 0.580. The van der Waals surface area contributed by atoms with Crippen LogP contribution in [0.4, 0.5) is 0 Å². The number of methoxy groups -OCH3 is 1. The Kier molecular flexibility index (Phi) is 1.63. The lowest BCUT2D eigenvalue weighted by molar-refractivity contribution is -0.188. The lowest BCUT2D eigenvalue weighted by atomic mass is 9.50. The molecule has 98 valence electrons. The summed E-state index contributed by atoms with van der Waals surface area (Å²) in [7, 11) is 1.34. The Bertz CT molecular complexity index is 519. The Morgan fingerprint density at radius 2 is 2.17 bits per heavy atom. The third kappa shape index (κ3) is 0.704. The summed E-state index contributed by atoms with van der Waals surface area (Å²) in [5, 5.41) is 11.1. The van der Waals surface area contributed by atoms with Crippen LogP contribution in [-0.2, 0) is 14.3 Å². The lowest BCUT2D eigenvalue weighted by Crippen LogP contribution is -2.69. The third-order valence-electron chi connectivity index (χ3n) is 6.20. The minimum Gasteiger partial charge on any atom is -0.468 e. The largest absolute Gasteiger partial charge is 0.468 e. The summed E-state index contributed by atoms with van der Waals surface area (Å²) in [5.41, 5.74) is -2.24. The molecule has 6 atom stereocenters. The Morgan fingerprint density at radius 3 is 2.78 bits per heavy atom. The molecule has 6 rings (SSSR count). The molecule has 6 unspecified atom stereocenters. The number of hydrogen-bond acceptors (Lipinski definition) is 4. The maximum Gasteiger partial charge on any atom is 0.315 e. The first-order chi connectivity index (χ1) is 8.29. The number of rotatable bonds is 1. The SMILES string of the molecule is COC(=O)C12C3C(=O)C4(Br)CC(C)(CCC41O)C32. The van der Waals surface area contributed by atoms with Gasteiger partial charge in [0.25, 0.3) is 0 Å². The van der Waals surface area contributed by atoms with Gasteiger partial charge in [0.15, 0.2) is 5.78 Å². The van der Waals surface area contributed by atoms with Crippen LogP contribution in [0.3, 0.4) is 0 Å². The standard InChI is InChI=1S/C13H15BrO4/c1-10-3-4-12(17)11(14,5-10)8(15)6-7(10)13(6,12)9(16)18-2/h6-7,17H,3-5H2,1-2H3. The van der Waals surface area contributed by atoms with E-state index in [1.165, 1.54) is 7.11 Å². The molecule has 0 amide bonds. The second-order valence-corrected chi connectivity index (χ2v) is 8.03. The number of Topliss-reactive ketones (excluding diaryl/α,β-unsaturated/α-hetero) is 1. The molecule has 0 aromatic rings. The fourth-order valence-corrected chi connectivity index (χ4v) is 7.01. The maximum atomic E-state index is 12.5. The van der Waals surface area contributed by atoms with E-state index in [1.54, 1.807) is 0 Å². The highest BCUT2D eigenvalue weighted by Crippen LogP contribution is 2.89. The number of aliphatic hydroxyl groups is 1. The van der Waals surface area contributed by atoms with Crippen LogP contribution in [0.5, 0.6) is 0 Å². The average molecular weight is 315 g/mol. The molecule has 1 N–H and O–H groups in total. The number of fused-ring (bicyclic) bond motifs is 1. The summed E-state index contributed by atoms with van der Waals surface area (Å²) >= 11 is 3.49. The molecule has 6 fully saturated rings. The lowest BCUT2D eigenvalue weighted by Gasteiger charge is -2.59. The van der Waals surface area contributed by atoms with Crippen LogP contribution in [0.2, 0.25) is 0 Å². The summed E-state index contributed by atoms with van der Waals surface area (Å²) in [6, 6.07) is 0. The summed E-state index contributed by atoms with van der Waals surface area (Å²) in [6.07, 6.45) is 2.02. The van der Waals surface area contributed by atoms with E-state index in [-0.39, 0.29) is 23.0 Å². The molecule has 5 heteroatoms. The third-order valence-corrected chi connectivity index (χ3v) is 7.52. The van der Waals surface area contributed by atoms with Crippen molar-refractivity contribution in [1.29, 1.82) is 0 Å². The number of ketones is 1. The molecule has 0 aliphatic heterocycles. The van der Waals surface area contributed by atoms with E-state index in [9.17, 15) is 14.7 Å². The van der Waals surface area contributed by atoms with Crippen molar-refractivity contribution in [2.45, 2.75) is 36.1 Å².